The van der Waals surface area contributed by atoms with Gasteiger partial charge < -0.3 is 14.8 Å². The maximum absolute atomic E-state index is 12.1. The van der Waals surface area contributed by atoms with E-state index in [-0.39, 0.29) is 12.0 Å². The minimum Gasteiger partial charge on any atom is -0.494 e. The van der Waals surface area contributed by atoms with Gasteiger partial charge in [0.1, 0.15) is 5.75 Å². The summed E-state index contributed by atoms with van der Waals surface area (Å²) in [6.45, 7) is 4.15. The van der Waals surface area contributed by atoms with Gasteiger partial charge in [0.15, 0.2) is 5.11 Å². The molecule has 2 rings (SSSR count). The molecule has 0 bridgehead atoms. The van der Waals surface area contributed by atoms with E-state index in [0.717, 1.165) is 31.6 Å². The molecular weight excluding hydrogens is 300 g/mol. The number of carbonyl (C=O) groups excluding carboxylic acids is 1. The molecule has 1 atom stereocenters. The number of carbonyl (C=O) groups is 1. The Labute approximate surface area is 136 Å². The predicted octanol–water partition coefficient (Wildman–Crippen LogP) is 2.26. The van der Waals surface area contributed by atoms with Crippen LogP contribution in [-0.4, -0.2) is 36.9 Å². The van der Waals surface area contributed by atoms with Gasteiger partial charge in [-0.2, -0.15) is 0 Å². The number of amides is 1. The zero-order valence-corrected chi connectivity index (χ0v) is 13.6. The van der Waals surface area contributed by atoms with Crippen LogP contribution in [-0.2, 0) is 4.74 Å². The second kappa shape index (κ2) is 8.70. The quantitative estimate of drug-likeness (QED) is 0.787. The molecule has 0 saturated carbocycles. The highest BCUT2D eigenvalue weighted by atomic mass is 32.1. The van der Waals surface area contributed by atoms with Crippen LogP contribution < -0.4 is 15.4 Å². The minimum atomic E-state index is -0.230. The number of thiocarbonyl (C=S) groups is 1. The average Bonchev–Trinajstić information content (AvgIpc) is 3.05. The molecule has 1 heterocycles. The van der Waals surface area contributed by atoms with Crippen molar-refractivity contribution in [3.63, 3.8) is 0 Å². The molecule has 5 nitrogen and oxygen atoms in total. The molecule has 1 aromatic carbocycles. The Morgan fingerprint density at radius 2 is 2.18 bits per heavy atom. The highest BCUT2D eigenvalue weighted by Crippen LogP contribution is 2.12. The molecule has 1 aliphatic heterocycles. The van der Waals surface area contributed by atoms with E-state index >= 15 is 0 Å². The van der Waals surface area contributed by atoms with E-state index in [9.17, 15) is 4.79 Å². The first-order valence-electron chi connectivity index (χ1n) is 7.62. The molecule has 0 aromatic heterocycles. The Bertz CT molecular complexity index is 499. The fraction of sp³-hybridized carbons (Fsp3) is 0.500. The summed E-state index contributed by atoms with van der Waals surface area (Å²) in [4.78, 5) is 12.1. The molecule has 0 unspecified atom stereocenters. The fourth-order valence-corrected chi connectivity index (χ4v) is 2.33. The summed E-state index contributed by atoms with van der Waals surface area (Å²) in [7, 11) is 0. The van der Waals surface area contributed by atoms with Gasteiger partial charge in [-0.1, -0.05) is 6.92 Å². The molecular formula is C16H22N2O3S. The summed E-state index contributed by atoms with van der Waals surface area (Å²) in [5.74, 6) is 0.532. The van der Waals surface area contributed by atoms with E-state index < -0.39 is 0 Å². The van der Waals surface area contributed by atoms with Crippen LogP contribution in [0.5, 0.6) is 5.75 Å². The van der Waals surface area contributed by atoms with Crippen molar-refractivity contribution in [2.24, 2.45) is 0 Å². The molecule has 1 aromatic rings. The molecule has 1 fully saturated rings. The predicted molar refractivity (Wildman–Crippen MR) is 89.3 cm³/mol. The van der Waals surface area contributed by atoms with Crippen molar-refractivity contribution in [1.29, 1.82) is 0 Å². The van der Waals surface area contributed by atoms with Crippen LogP contribution in [0, 0.1) is 0 Å². The first kappa shape index (κ1) is 16.7. The smallest absolute Gasteiger partial charge is 0.257 e. The molecule has 0 spiro atoms. The van der Waals surface area contributed by atoms with E-state index in [1.165, 1.54) is 0 Å². The lowest BCUT2D eigenvalue weighted by molar-refractivity contribution is 0.0973. The number of hydrogen-bond acceptors (Lipinski definition) is 4. The van der Waals surface area contributed by atoms with Gasteiger partial charge in [0, 0.05) is 18.7 Å². The fourth-order valence-electron chi connectivity index (χ4n) is 2.15. The van der Waals surface area contributed by atoms with E-state index in [2.05, 4.69) is 10.6 Å². The summed E-state index contributed by atoms with van der Waals surface area (Å²) in [6.07, 6.45) is 3.25. The Balaban J connectivity index is 1.76. The highest BCUT2D eigenvalue weighted by molar-refractivity contribution is 7.80. The third-order valence-electron chi connectivity index (χ3n) is 3.33. The SMILES string of the molecule is CCCOc1ccc(C(=O)NC(=S)NC[C@H]2CCCO2)cc1. The van der Waals surface area contributed by atoms with Crippen molar-refractivity contribution in [3.8, 4) is 5.75 Å². The maximum atomic E-state index is 12.1. The number of hydrogen-bond donors (Lipinski definition) is 2. The van der Waals surface area contributed by atoms with Crippen LogP contribution in [0.1, 0.15) is 36.5 Å². The number of rotatable bonds is 6. The molecule has 6 heteroatoms. The highest BCUT2D eigenvalue weighted by Gasteiger charge is 2.16. The second-order valence-electron chi connectivity index (χ2n) is 5.17. The average molecular weight is 322 g/mol. The summed E-state index contributed by atoms with van der Waals surface area (Å²) in [6, 6.07) is 7.02. The summed E-state index contributed by atoms with van der Waals surface area (Å²) in [5.41, 5.74) is 0.546. The van der Waals surface area contributed by atoms with E-state index in [0.29, 0.717) is 23.8 Å². The van der Waals surface area contributed by atoms with E-state index in [1.54, 1.807) is 24.3 Å². The van der Waals surface area contributed by atoms with Crippen LogP contribution in [0.3, 0.4) is 0 Å². The first-order chi connectivity index (χ1) is 10.7. The lowest BCUT2D eigenvalue weighted by Crippen LogP contribution is -2.42. The van der Waals surface area contributed by atoms with Crippen LogP contribution >= 0.6 is 12.2 Å². The zero-order chi connectivity index (χ0) is 15.8. The molecule has 1 saturated heterocycles. The molecule has 0 aliphatic carbocycles. The third kappa shape index (κ3) is 5.27. The van der Waals surface area contributed by atoms with Crippen LogP contribution in [0.2, 0.25) is 0 Å². The van der Waals surface area contributed by atoms with Crippen LogP contribution in [0.25, 0.3) is 0 Å². The molecule has 0 radical (unpaired) electrons. The van der Waals surface area contributed by atoms with E-state index in [1.807, 2.05) is 6.92 Å². The zero-order valence-electron chi connectivity index (χ0n) is 12.8. The molecule has 1 amide bonds. The van der Waals surface area contributed by atoms with Gasteiger partial charge in [0.05, 0.1) is 12.7 Å². The molecule has 2 N–H and O–H groups in total. The van der Waals surface area contributed by atoms with Crippen LogP contribution in [0.15, 0.2) is 24.3 Å². The van der Waals surface area contributed by atoms with Crippen molar-refractivity contribution in [3.05, 3.63) is 29.8 Å². The largest absolute Gasteiger partial charge is 0.494 e. The van der Waals surface area contributed by atoms with Gasteiger partial charge >= 0.3 is 0 Å². The van der Waals surface area contributed by atoms with Crippen molar-refractivity contribution < 1.29 is 14.3 Å². The van der Waals surface area contributed by atoms with Gasteiger partial charge in [-0.05, 0) is 55.7 Å². The van der Waals surface area contributed by atoms with Crippen molar-refractivity contribution >= 4 is 23.2 Å². The molecule has 1 aliphatic rings. The molecule has 120 valence electrons. The van der Waals surface area contributed by atoms with Gasteiger partial charge in [-0.3, -0.25) is 10.1 Å². The van der Waals surface area contributed by atoms with Gasteiger partial charge in [-0.15, -0.1) is 0 Å². The Kier molecular flexibility index (Phi) is 6.61. The minimum absolute atomic E-state index is 0.185. The van der Waals surface area contributed by atoms with Gasteiger partial charge in [-0.25, -0.2) is 0 Å². The summed E-state index contributed by atoms with van der Waals surface area (Å²) in [5, 5.41) is 6.01. The monoisotopic (exact) mass is 322 g/mol. The van der Waals surface area contributed by atoms with Gasteiger partial charge in [0.25, 0.3) is 5.91 Å². The Morgan fingerprint density at radius 1 is 1.41 bits per heavy atom. The number of ether oxygens (including phenoxy) is 2. The van der Waals surface area contributed by atoms with Gasteiger partial charge in [0.2, 0.25) is 0 Å². The van der Waals surface area contributed by atoms with E-state index in [4.69, 9.17) is 21.7 Å². The topological polar surface area (TPSA) is 59.6 Å². The standard InChI is InChI=1S/C16H22N2O3S/c1-2-9-20-13-7-5-12(6-8-13)15(19)18-16(22)17-11-14-4-3-10-21-14/h5-8,14H,2-4,9-11H2,1H3,(H2,17,18,19,22)/t14-/m1/s1. The molecule has 22 heavy (non-hydrogen) atoms. The first-order valence-corrected chi connectivity index (χ1v) is 8.03. The number of nitrogens with one attached hydrogen (secondary N) is 2. The lowest BCUT2D eigenvalue weighted by atomic mass is 10.2. The van der Waals surface area contributed by atoms with Crippen molar-refractivity contribution in [2.45, 2.75) is 32.3 Å². The van der Waals surface area contributed by atoms with Crippen molar-refractivity contribution in [1.82, 2.24) is 10.6 Å². The Hall–Kier alpha value is -1.66. The van der Waals surface area contributed by atoms with Crippen molar-refractivity contribution in [2.75, 3.05) is 19.8 Å². The Morgan fingerprint density at radius 3 is 2.82 bits per heavy atom. The summed E-state index contributed by atoms with van der Waals surface area (Å²) < 4.78 is 11.0. The third-order valence-corrected chi connectivity index (χ3v) is 3.58. The normalized spacial score (nSPS) is 17.0. The number of benzene rings is 1. The van der Waals surface area contributed by atoms with Crippen LogP contribution in [0.4, 0.5) is 0 Å². The maximum Gasteiger partial charge on any atom is 0.257 e. The second-order valence-corrected chi connectivity index (χ2v) is 5.58. The summed E-state index contributed by atoms with van der Waals surface area (Å²) >= 11 is 5.12. The lowest BCUT2D eigenvalue weighted by Gasteiger charge is -2.13.